The van der Waals surface area contributed by atoms with Crippen molar-refractivity contribution in [1.29, 1.82) is 0 Å². The van der Waals surface area contributed by atoms with Crippen LogP contribution in [0.25, 0.3) is 0 Å². The number of esters is 4. The van der Waals surface area contributed by atoms with Crippen LogP contribution in [0.1, 0.15) is 376 Å². The molecule has 0 radical (unpaired) electrons. The van der Waals surface area contributed by atoms with Gasteiger partial charge in [0.25, 0.3) is 0 Å². The molecule has 0 aromatic carbocycles. The Morgan fingerprint density at radius 2 is 0.447 bits per heavy atom. The zero-order valence-corrected chi connectivity index (χ0v) is 63.4. The van der Waals surface area contributed by atoms with Crippen LogP contribution in [0.2, 0.25) is 0 Å². The summed E-state index contributed by atoms with van der Waals surface area (Å²) in [5.74, 6) is 0.877. The molecular formula is C75H146O17P2. The zero-order chi connectivity index (χ0) is 69.6. The van der Waals surface area contributed by atoms with Crippen LogP contribution in [0.15, 0.2) is 0 Å². The van der Waals surface area contributed by atoms with Crippen LogP contribution in [-0.2, 0) is 65.4 Å². The molecule has 0 aliphatic carbocycles. The van der Waals surface area contributed by atoms with Gasteiger partial charge in [-0.15, -0.1) is 0 Å². The summed E-state index contributed by atoms with van der Waals surface area (Å²) in [4.78, 5) is 72.7. The smallest absolute Gasteiger partial charge is 0.462 e. The van der Waals surface area contributed by atoms with Crippen molar-refractivity contribution < 1.29 is 80.2 Å². The summed E-state index contributed by atoms with van der Waals surface area (Å²) >= 11 is 0. The molecule has 0 fully saturated rings. The molecule has 19 heteroatoms. The summed E-state index contributed by atoms with van der Waals surface area (Å²) in [6, 6.07) is 0. The van der Waals surface area contributed by atoms with E-state index in [-0.39, 0.29) is 25.7 Å². The van der Waals surface area contributed by atoms with E-state index in [1.165, 1.54) is 173 Å². The molecule has 558 valence electrons. The van der Waals surface area contributed by atoms with E-state index in [0.29, 0.717) is 31.6 Å². The fraction of sp³-hybridized carbons (Fsp3) is 0.947. The fourth-order valence-corrected chi connectivity index (χ4v) is 13.0. The minimum Gasteiger partial charge on any atom is -0.462 e. The van der Waals surface area contributed by atoms with Crippen molar-refractivity contribution in [1.82, 2.24) is 0 Å². The lowest BCUT2D eigenvalue weighted by molar-refractivity contribution is -0.161. The molecule has 94 heavy (non-hydrogen) atoms. The van der Waals surface area contributed by atoms with Crippen molar-refractivity contribution in [2.45, 2.75) is 395 Å². The quantitative estimate of drug-likeness (QED) is 0.0222. The first-order valence-corrected chi connectivity index (χ1v) is 41.7. The summed E-state index contributed by atoms with van der Waals surface area (Å²) in [7, 11) is -9.91. The Hall–Kier alpha value is -1.94. The van der Waals surface area contributed by atoms with Crippen molar-refractivity contribution in [2.75, 3.05) is 39.6 Å². The maximum Gasteiger partial charge on any atom is 0.472 e. The topological polar surface area (TPSA) is 237 Å². The number of carbonyl (C=O) groups is 4. The number of phosphoric ester groups is 2. The molecule has 0 saturated carbocycles. The molecule has 0 bridgehead atoms. The number of ether oxygens (including phenoxy) is 4. The normalized spacial score (nSPS) is 14.2. The van der Waals surface area contributed by atoms with Gasteiger partial charge in [-0.2, -0.15) is 0 Å². The van der Waals surface area contributed by atoms with Crippen LogP contribution in [0, 0.1) is 23.7 Å². The molecule has 3 N–H and O–H groups in total. The third-order valence-electron chi connectivity index (χ3n) is 17.3. The number of hydrogen-bond donors (Lipinski definition) is 3. The Balaban J connectivity index is 5.24. The molecule has 0 amide bonds. The highest BCUT2D eigenvalue weighted by Gasteiger charge is 2.30. The first-order valence-electron chi connectivity index (χ1n) is 38.7. The van der Waals surface area contributed by atoms with Crippen molar-refractivity contribution in [3.63, 3.8) is 0 Å². The average molecular weight is 1380 g/mol. The van der Waals surface area contributed by atoms with E-state index >= 15 is 0 Å². The predicted octanol–water partition coefficient (Wildman–Crippen LogP) is 21.7. The van der Waals surface area contributed by atoms with Crippen LogP contribution in [-0.4, -0.2) is 96.7 Å². The molecule has 0 saturated heterocycles. The maximum absolute atomic E-state index is 13.1. The Bertz CT molecular complexity index is 1850. The molecular weight excluding hydrogens is 1230 g/mol. The molecule has 0 heterocycles. The zero-order valence-electron chi connectivity index (χ0n) is 61.6. The summed E-state index contributed by atoms with van der Waals surface area (Å²) < 4.78 is 68.4. The Kier molecular flexibility index (Phi) is 63.1. The lowest BCUT2D eigenvalue weighted by atomic mass is 10.0. The first kappa shape index (κ1) is 92.1. The highest BCUT2D eigenvalue weighted by Crippen LogP contribution is 2.45. The van der Waals surface area contributed by atoms with E-state index in [1.807, 2.05) is 0 Å². The van der Waals surface area contributed by atoms with Gasteiger partial charge in [0.05, 0.1) is 26.4 Å². The Morgan fingerprint density at radius 3 is 0.660 bits per heavy atom. The van der Waals surface area contributed by atoms with Gasteiger partial charge in [-0.05, 0) is 49.4 Å². The van der Waals surface area contributed by atoms with E-state index in [4.69, 9.17) is 37.0 Å². The van der Waals surface area contributed by atoms with E-state index in [2.05, 4.69) is 55.4 Å². The molecule has 0 spiro atoms. The highest BCUT2D eigenvalue weighted by atomic mass is 31.2. The highest BCUT2D eigenvalue weighted by molar-refractivity contribution is 7.47. The van der Waals surface area contributed by atoms with Gasteiger partial charge in [-0.3, -0.25) is 37.3 Å². The second kappa shape index (κ2) is 64.4. The second-order valence-electron chi connectivity index (χ2n) is 28.9. The van der Waals surface area contributed by atoms with Gasteiger partial charge in [0.2, 0.25) is 0 Å². The second-order valence-corrected chi connectivity index (χ2v) is 31.9. The molecule has 2 unspecified atom stereocenters. The molecule has 5 atom stereocenters. The molecule has 0 aliphatic heterocycles. The third-order valence-corrected chi connectivity index (χ3v) is 19.2. The van der Waals surface area contributed by atoms with Crippen molar-refractivity contribution in [3.8, 4) is 0 Å². The average Bonchev–Trinajstić information content (AvgIpc) is 2.29. The standard InChI is InChI=1S/C75H146O17P2/c1-65(2)51-43-35-27-21-16-12-9-10-14-18-24-30-39-47-55-72(77)85-61-70(91-74(79)57-49-41-31-25-19-15-11-13-17-22-28-36-44-52-66(3)4)63-89-93(81,82)87-59-69(76)60-88-94(83,84)90-64-71(62-86-73(78)56-48-40-34-33-38-46-54-68(7)8)92-75(80)58-50-42-32-26-20-23-29-37-45-53-67(5)6/h65-71,76H,9-64H2,1-8H3,(H,81,82)(H,83,84)/t69-,70-,71-/m1/s1. The van der Waals surface area contributed by atoms with Crippen molar-refractivity contribution in [3.05, 3.63) is 0 Å². The van der Waals surface area contributed by atoms with Crippen molar-refractivity contribution in [2.24, 2.45) is 23.7 Å². The lowest BCUT2D eigenvalue weighted by Gasteiger charge is -2.21. The molecule has 0 aromatic rings. The van der Waals surface area contributed by atoms with E-state index < -0.39 is 97.5 Å². The Morgan fingerprint density at radius 1 is 0.266 bits per heavy atom. The number of rotatable bonds is 72. The summed E-state index contributed by atoms with van der Waals surface area (Å²) in [5, 5.41) is 10.6. The van der Waals surface area contributed by atoms with Crippen LogP contribution in [0.3, 0.4) is 0 Å². The number of hydrogen-bond acceptors (Lipinski definition) is 15. The largest absolute Gasteiger partial charge is 0.472 e. The lowest BCUT2D eigenvalue weighted by Crippen LogP contribution is -2.30. The Labute approximate surface area is 575 Å². The van der Waals surface area contributed by atoms with Crippen LogP contribution in [0.4, 0.5) is 0 Å². The minimum atomic E-state index is -4.96. The van der Waals surface area contributed by atoms with Gasteiger partial charge in [-0.25, -0.2) is 9.13 Å². The fourth-order valence-electron chi connectivity index (χ4n) is 11.4. The molecule has 0 aliphatic rings. The molecule has 17 nitrogen and oxygen atoms in total. The van der Waals surface area contributed by atoms with Gasteiger partial charge < -0.3 is 33.8 Å². The van der Waals surface area contributed by atoms with Crippen LogP contribution < -0.4 is 0 Å². The summed E-state index contributed by atoms with van der Waals surface area (Å²) in [6.45, 7) is 14.1. The minimum absolute atomic E-state index is 0.104. The van der Waals surface area contributed by atoms with Gasteiger partial charge in [0.15, 0.2) is 12.2 Å². The third kappa shape index (κ3) is 68.6. The predicted molar refractivity (Wildman–Crippen MR) is 381 cm³/mol. The van der Waals surface area contributed by atoms with Gasteiger partial charge in [0, 0.05) is 25.7 Å². The first-order chi connectivity index (χ1) is 45.1. The van der Waals surface area contributed by atoms with E-state index in [0.717, 1.165) is 114 Å². The van der Waals surface area contributed by atoms with Gasteiger partial charge in [-0.1, -0.05) is 325 Å². The summed E-state index contributed by atoms with van der Waals surface area (Å²) in [5.41, 5.74) is 0. The summed E-state index contributed by atoms with van der Waals surface area (Å²) in [6.07, 6.45) is 48.7. The maximum atomic E-state index is 13.1. The van der Waals surface area contributed by atoms with Crippen molar-refractivity contribution >= 4 is 39.5 Å². The SMILES string of the molecule is CC(C)CCCCCCCCCCCCCCCCC(=O)OC[C@H](COP(=O)(O)OC[C@@H](O)COP(=O)(O)OC[C@@H](COC(=O)CCCCCCCCC(C)C)OC(=O)CCCCCCCCCCCC(C)C)OC(=O)CCCCCCCCCCCCCCCC(C)C. The molecule has 0 aromatic heterocycles. The number of aliphatic hydroxyl groups excluding tert-OH is 1. The van der Waals surface area contributed by atoms with Gasteiger partial charge >= 0.3 is 39.5 Å². The van der Waals surface area contributed by atoms with Gasteiger partial charge in [0.1, 0.15) is 19.3 Å². The van der Waals surface area contributed by atoms with Crippen LogP contribution >= 0.6 is 15.6 Å². The van der Waals surface area contributed by atoms with E-state index in [1.54, 1.807) is 0 Å². The van der Waals surface area contributed by atoms with Crippen LogP contribution in [0.5, 0.6) is 0 Å². The number of carbonyl (C=O) groups excluding carboxylic acids is 4. The molecule has 0 rings (SSSR count). The monoisotopic (exact) mass is 1380 g/mol. The number of aliphatic hydroxyl groups is 1. The number of unbranched alkanes of at least 4 members (excludes halogenated alkanes) is 38. The number of phosphoric acid groups is 2. The van der Waals surface area contributed by atoms with E-state index in [9.17, 15) is 43.2 Å².